The zero-order valence-corrected chi connectivity index (χ0v) is 18.2. The van der Waals surface area contributed by atoms with E-state index >= 15 is 0 Å². The van der Waals surface area contributed by atoms with Gasteiger partial charge in [0, 0.05) is 30.7 Å². The molecule has 1 aliphatic rings. The molecule has 0 aliphatic carbocycles. The molecule has 0 bridgehead atoms. The summed E-state index contributed by atoms with van der Waals surface area (Å²) in [6.45, 7) is 7.77. The van der Waals surface area contributed by atoms with Gasteiger partial charge >= 0.3 is 6.03 Å². The fourth-order valence-electron chi connectivity index (χ4n) is 3.79. The molecule has 0 saturated carbocycles. The van der Waals surface area contributed by atoms with Crippen molar-refractivity contribution < 1.29 is 14.1 Å². The molecule has 0 atom stereocenters. The van der Waals surface area contributed by atoms with Gasteiger partial charge in [-0.3, -0.25) is 9.88 Å². The molecule has 0 unspecified atom stereocenters. The first kappa shape index (κ1) is 20.2. The number of benzene rings is 1. The lowest BCUT2D eigenvalue weighted by Gasteiger charge is -2.14. The number of carbonyl (C=O) groups is 1. The minimum Gasteiger partial charge on any atom is -0.439 e. The fraction of sp³-hybridized carbons (Fsp3) is 0.304. The van der Waals surface area contributed by atoms with Crippen LogP contribution in [0, 0.1) is 5.41 Å². The Bertz CT molecular complexity index is 1300. The van der Waals surface area contributed by atoms with E-state index in [1.165, 1.54) is 10.9 Å². The third-order valence-electron chi connectivity index (χ3n) is 5.18. The second kappa shape index (κ2) is 7.76. The third kappa shape index (κ3) is 4.06. The monoisotopic (exact) mass is 432 g/mol. The molecule has 1 aromatic carbocycles. The van der Waals surface area contributed by atoms with E-state index in [0.29, 0.717) is 30.6 Å². The van der Waals surface area contributed by atoms with Crippen LogP contribution in [0.15, 0.2) is 47.4 Å². The van der Waals surface area contributed by atoms with Crippen LogP contribution in [0.2, 0.25) is 0 Å². The molecule has 5 rings (SSSR count). The van der Waals surface area contributed by atoms with Gasteiger partial charge in [-0.05, 0) is 36.1 Å². The predicted octanol–water partition coefficient (Wildman–Crippen LogP) is 4.48. The molecule has 32 heavy (non-hydrogen) atoms. The van der Waals surface area contributed by atoms with Crippen LogP contribution in [0.1, 0.15) is 37.7 Å². The zero-order valence-electron chi connectivity index (χ0n) is 18.2. The van der Waals surface area contributed by atoms with Gasteiger partial charge in [0.05, 0.1) is 22.5 Å². The number of ether oxygens (including phenoxy) is 1. The zero-order chi connectivity index (χ0) is 22.3. The van der Waals surface area contributed by atoms with Gasteiger partial charge in [-0.25, -0.2) is 14.8 Å². The molecule has 9 heteroatoms. The lowest BCUT2D eigenvalue weighted by molar-refractivity contribution is 0.253. The van der Waals surface area contributed by atoms with Gasteiger partial charge in [0.1, 0.15) is 12.1 Å². The van der Waals surface area contributed by atoms with E-state index in [9.17, 15) is 4.79 Å². The van der Waals surface area contributed by atoms with Gasteiger partial charge in [0.15, 0.2) is 0 Å². The van der Waals surface area contributed by atoms with Crippen LogP contribution in [0.4, 0.5) is 10.7 Å². The van der Waals surface area contributed by atoms with Crippen molar-refractivity contribution in [3.05, 3.63) is 59.8 Å². The number of rotatable bonds is 4. The number of carbonyl (C=O) groups excluding carboxylic acids is 1. The van der Waals surface area contributed by atoms with Crippen LogP contribution >= 0.6 is 0 Å². The number of nitrogens with one attached hydrogen (secondary N) is 2. The Morgan fingerprint density at radius 1 is 1.22 bits per heavy atom. The van der Waals surface area contributed by atoms with E-state index in [2.05, 4.69) is 46.5 Å². The summed E-state index contributed by atoms with van der Waals surface area (Å²) in [5, 5.41) is 10.9. The smallest absolute Gasteiger partial charge is 0.332 e. The summed E-state index contributed by atoms with van der Waals surface area (Å²) < 4.78 is 12.8. The van der Waals surface area contributed by atoms with E-state index in [-0.39, 0.29) is 11.4 Å². The quantitative estimate of drug-likeness (QED) is 0.489. The normalized spacial score (nSPS) is 13.3. The number of nitrogens with zero attached hydrogens (tertiary/aromatic N) is 4. The van der Waals surface area contributed by atoms with Crippen molar-refractivity contribution in [1.82, 2.24) is 25.0 Å². The molecule has 4 heterocycles. The van der Waals surface area contributed by atoms with Crippen molar-refractivity contribution in [2.24, 2.45) is 5.41 Å². The minimum absolute atomic E-state index is 0.0803. The lowest BCUT2D eigenvalue weighted by atomic mass is 9.91. The highest BCUT2D eigenvalue weighted by molar-refractivity contribution is 5.98. The topological polar surface area (TPSA) is 107 Å². The lowest BCUT2D eigenvalue weighted by Crippen LogP contribution is -2.18. The Morgan fingerprint density at radius 2 is 2.09 bits per heavy atom. The SMILES string of the molecule is CC(C)(C)Cc1cc(NC(=O)n2ccc3cc(Oc4ncnc5c4CNC5)ccc32)on1. The summed E-state index contributed by atoms with van der Waals surface area (Å²) in [5.74, 6) is 1.51. The van der Waals surface area contributed by atoms with Gasteiger partial charge in [-0.15, -0.1) is 0 Å². The van der Waals surface area contributed by atoms with Gasteiger partial charge < -0.3 is 14.6 Å². The van der Waals surface area contributed by atoms with Crippen molar-refractivity contribution in [2.45, 2.75) is 40.3 Å². The molecule has 4 aromatic rings. The number of amides is 1. The Labute approximate surface area is 184 Å². The van der Waals surface area contributed by atoms with Crippen LogP contribution < -0.4 is 15.4 Å². The molecular weight excluding hydrogens is 408 g/mol. The summed E-state index contributed by atoms with van der Waals surface area (Å²) in [5.41, 5.74) is 3.56. The first-order valence-electron chi connectivity index (χ1n) is 10.5. The third-order valence-corrected chi connectivity index (χ3v) is 5.18. The molecule has 3 aromatic heterocycles. The van der Waals surface area contributed by atoms with E-state index in [4.69, 9.17) is 9.26 Å². The number of hydrogen-bond donors (Lipinski definition) is 2. The highest BCUT2D eigenvalue weighted by Crippen LogP contribution is 2.30. The second-order valence-electron chi connectivity index (χ2n) is 9.07. The highest BCUT2D eigenvalue weighted by atomic mass is 16.5. The first-order chi connectivity index (χ1) is 15.4. The fourth-order valence-corrected chi connectivity index (χ4v) is 3.79. The van der Waals surface area contributed by atoms with E-state index in [1.54, 1.807) is 12.3 Å². The molecule has 1 amide bonds. The number of aromatic nitrogens is 4. The highest BCUT2D eigenvalue weighted by Gasteiger charge is 2.19. The van der Waals surface area contributed by atoms with Crippen LogP contribution in [-0.4, -0.2) is 25.7 Å². The molecule has 9 nitrogen and oxygen atoms in total. The Hall–Kier alpha value is -3.72. The van der Waals surface area contributed by atoms with Crippen molar-refractivity contribution in [2.75, 3.05) is 5.32 Å². The molecule has 0 saturated heterocycles. The molecule has 2 N–H and O–H groups in total. The maximum absolute atomic E-state index is 12.8. The Kier molecular flexibility index (Phi) is 4.90. The number of anilines is 1. The molecule has 0 spiro atoms. The summed E-state index contributed by atoms with van der Waals surface area (Å²) in [7, 11) is 0. The van der Waals surface area contributed by atoms with Crippen molar-refractivity contribution in [1.29, 1.82) is 0 Å². The van der Waals surface area contributed by atoms with E-state index in [0.717, 1.165) is 34.3 Å². The maximum atomic E-state index is 12.8. The molecule has 0 fully saturated rings. The predicted molar refractivity (Wildman–Crippen MR) is 119 cm³/mol. The molecule has 164 valence electrons. The van der Waals surface area contributed by atoms with Gasteiger partial charge in [0.25, 0.3) is 0 Å². The Balaban J connectivity index is 1.33. The van der Waals surface area contributed by atoms with Crippen molar-refractivity contribution in [3.63, 3.8) is 0 Å². The second-order valence-corrected chi connectivity index (χ2v) is 9.07. The van der Waals surface area contributed by atoms with Crippen molar-refractivity contribution >= 4 is 22.8 Å². The maximum Gasteiger partial charge on any atom is 0.332 e. The Morgan fingerprint density at radius 3 is 2.94 bits per heavy atom. The average Bonchev–Trinajstić information content (AvgIpc) is 3.46. The molecule has 0 radical (unpaired) electrons. The average molecular weight is 432 g/mol. The van der Waals surface area contributed by atoms with Gasteiger partial charge in [-0.2, -0.15) is 0 Å². The van der Waals surface area contributed by atoms with Crippen LogP contribution in [0.5, 0.6) is 11.6 Å². The van der Waals surface area contributed by atoms with Crippen LogP contribution in [0.3, 0.4) is 0 Å². The van der Waals surface area contributed by atoms with Gasteiger partial charge in [-0.1, -0.05) is 25.9 Å². The summed E-state index contributed by atoms with van der Waals surface area (Å²) in [6.07, 6.45) is 3.98. The number of hydrogen-bond acceptors (Lipinski definition) is 7. The largest absolute Gasteiger partial charge is 0.439 e. The van der Waals surface area contributed by atoms with E-state index in [1.807, 2.05) is 24.3 Å². The number of fused-ring (bicyclic) bond motifs is 2. The standard InChI is InChI=1S/C23H24N6O3/c1-23(2,3)10-15-9-20(32-28-15)27-22(30)29-7-6-14-8-16(4-5-19(14)29)31-21-17-11-24-12-18(17)25-13-26-21/h4-9,13,24H,10-12H2,1-3H3,(H,27,30). The molecule has 1 aliphatic heterocycles. The molecular formula is C23H24N6O3. The summed E-state index contributed by atoms with van der Waals surface area (Å²) in [4.78, 5) is 21.3. The van der Waals surface area contributed by atoms with Crippen molar-refractivity contribution in [3.8, 4) is 11.6 Å². The summed E-state index contributed by atoms with van der Waals surface area (Å²) >= 11 is 0. The van der Waals surface area contributed by atoms with Crippen LogP contribution in [0.25, 0.3) is 10.9 Å². The summed E-state index contributed by atoms with van der Waals surface area (Å²) in [6, 6.07) is 8.83. The van der Waals surface area contributed by atoms with Gasteiger partial charge in [0.2, 0.25) is 11.8 Å². The van der Waals surface area contributed by atoms with E-state index < -0.39 is 0 Å². The first-order valence-corrected chi connectivity index (χ1v) is 10.5. The minimum atomic E-state index is -0.327. The van der Waals surface area contributed by atoms with Crippen LogP contribution in [-0.2, 0) is 19.5 Å².